The van der Waals surface area contributed by atoms with Crippen LogP contribution in [0.3, 0.4) is 0 Å². The van der Waals surface area contributed by atoms with Gasteiger partial charge in [-0.15, -0.1) is 23.7 Å². The molecule has 0 aliphatic carbocycles. The fourth-order valence-electron chi connectivity index (χ4n) is 1.82. The number of nitrogens with zero attached hydrogens (tertiary/aromatic N) is 1. The number of anilines is 1. The van der Waals surface area contributed by atoms with Crippen LogP contribution in [0, 0.1) is 0 Å². The molecule has 1 aromatic heterocycles. The second-order valence-corrected chi connectivity index (χ2v) is 7.00. The summed E-state index contributed by atoms with van der Waals surface area (Å²) in [6.45, 7) is 8.21. The molecule has 2 rings (SSSR count). The van der Waals surface area contributed by atoms with Crippen LogP contribution in [-0.2, 0) is 10.2 Å². The summed E-state index contributed by atoms with van der Waals surface area (Å²) in [4.78, 5) is 16.0. The first-order chi connectivity index (χ1) is 9.77. The molecule has 2 aromatic rings. The molecule has 1 aromatic carbocycles. The minimum atomic E-state index is -0.539. The lowest BCUT2D eigenvalue weighted by atomic mass is 9.86. The molecule has 0 aliphatic heterocycles. The molecule has 0 aliphatic rings. The van der Waals surface area contributed by atoms with Gasteiger partial charge in [0.2, 0.25) is 5.91 Å². The molecular formula is C16H22ClN3OS. The van der Waals surface area contributed by atoms with Gasteiger partial charge in [0.05, 0.1) is 11.7 Å². The zero-order chi connectivity index (χ0) is 15.6. The summed E-state index contributed by atoms with van der Waals surface area (Å²) in [5, 5.41) is 5.22. The highest BCUT2D eigenvalue weighted by atomic mass is 35.5. The SMILES string of the molecule is C[C@@H](N)C(=O)Nc1nc(-c2ccc(C(C)(C)C)cc2)cs1.Cl. The van der Waals surface area contributed by atoms with E-state index in [2.05, 4.69) is 55.3 Å². The van der Waals surface area contributed by atoms with Crippen LogP contribution in [0.15, 0.2) is 29.6 Å². The van der Waals surface area contributed by atoms with Crippen molar-refractivity contribution < 1.29 is 4.79 Å². The highest BCUT2D eigenvalue weighted by molar-refractivity contribution is 7.14. The van der Waals surface area contributed by atoms with Crippen LogP contribution in [0.5, 0.6) is 0 Å². The minimum Gasteiger partial charge on any atom is -0.320 e. The van der Waals surface area contributed by atoms with Crippen LogP contribution in [0.2, 0.25) is 0 Å². The van der Waals surface area contributed by atoms with Crippen molar-refractivity contribution in [2.75, 3.05) is 5.32 Å². The summed E-state index contributed by atoms with van der Waals surface area (Å²) in [7, 11) is 0. The highest BCUT2D eigenvalue weighted by Crippen LogP contribution is 2.28. The number of amides is 1. The Morgan fingerprint density at radius 2 is 1.86 bits per heavy atom. The van der Waals surface area contributed by atoms with Gasteiger partial charge in [0.15, 0.2) is 5.13 Å². The summed E-state index contributed by atoms with van der Waals surface area (Å²) in [5.74, 6) is -0.223. The van der Waals surface area contributed by atoms with E-state index in [9.17, 15) is 4.79 Å². The zero-order valence-corrected chi connectivity index (χ0v) is 14.8. The van der Waals surface area contributed by atoms with E-state index in [1.54, 1.807) is 6.92 Å². The Morgan fingerprint density at radius 1 is 1.27 bits per heavy atom. The number of nitrogens with one attached hydrogen (secondary N) is 1. The van der Waals surface area contributed by atoms with Crippen molar-refractivity contribution in [1.82, 2.24) is 4.98 Å². The Hall–Kier alpha value is -1.43. The standard InChI is InChI=1S/C16H21N3OS.ClH/c1-10(17)14(20)19-15-18-13(9-21-15)11-5-7-12(8-6-11)16(2,3)4;/h5-10H,17H2,1-4H3,(H,18,19,20);1H/t10-;/m1./s1. The fourth-order valence-corrected chi connectivity index (χ4v) is 2.55. The predicted molar refractivity (Wildman–Crippen MR) is 95.8 cm³/mol. The molecule has 0 spiro atoms. The molecule has 3 N–H and O–H groups in total. The molecule has 4 nitrogen and oxygen atoms in total. The molecule has 1 atom stereocenters. The van der Waals surface area contributed by atoms with Gasteiger partial charge in [0.1, 0.15) is 0 Å². The average Bonchev–Trinajstić information content (AvgIpc) is 2.86. The number of rotatable bonds is 3. The largest absolute Gasteiger partial charge is 0.320 e. The van der Waals surface area contributed by atoms with Gasteiger partial charge in [-0.2, -0.15) is 0 Å². The first-order valence-electron chi connectivity index (χ1n) is 6.90. The molecule has 0 unspecified atom stereocenters. The summed E-state index contributed by atoms with van der Waals surface area (Å²) in [5.41, 5.74) is 8.85. The fraction of sp³-hybridized carbons (Fsp3) is 0.375. The van der Waals surface area contributed by atoms with E-state index >= 15 is 0 Å². The summed E-state index contributed by atoms with van der Waals surface area (Å²) >= 11 is 1.40. The molecule has 0 saturated heterocycles. The van der Waals surface area contributed by atoms with Crippen LogP contribution >= 0.6 is 23.7 Å². The van der Waals surface area contributed by atoms with E-state index in [1.807, 2.05) is 5.38 Å². The third kappa shape index (κ3) is 4.53. The van der Waals surface area contributed by atoms with E-state index in [0.717, 1.165) is 11.3 Å². The third-order valence-corrected chi connectivity index (χ3v) is 3.95. The van der Waals surface area contributed by atoms with E-state index in [1.165, 1.54) is 16.9 Å². The van der Waals surface area contributed by atoms with Gasteiger partial charge in [-0.3, -0.25) is 4.79 Å². The second kappa shape index (κ2) is 7.22. The monoisotopic (exact) mass is 339 g/mol. The van der Waals surface area contributed by atoms with Gasteiger partial charge in [0.25, 0.3) is 0 Å². The normalized spacial score (nSPS) is 12.4. The molecule has 22 heavy (non-hydrogen) atoms. The highest BCUT2D eigenvalue weighted by Gasteiger charge is 2.14. The number of halogens is 1. The molecule has 0 saturated carbocycles. The van der Waals surface area contributed by atoms with Crippen molar-refractivity contribution in [2.24, 2.45) is 5.73 Å². The van der Waals surface area contributed by atoms with Crippen molar-refractivity contribution in [3.8, 4) is 11.3 Å². The third-order valence-electron chi connectivity index (χ3n) is 3.19. The molecule has 0 radical (unpaired) electrons. The Bertz CT molecular complexity index is 630. The lowest BCUT2D eigenvalue weighted by Crippen LogP contribution is -2.32. The maximum atomic E-state index is 11.5. The Labute approximate surface area is 141 Å². The molecule has 1 heterocycles. The topological polar surface area (TPSA) is 68.0 Å². The number of thiazole rings is 1. The van der Waals surface area contributed by atoms with E-state index in [-0.39, 0.29) is 23.7 Å². The maximum Gasteiger partial charge on any atom is 0.242 e. The maximum absolute atomic E-state index is 11.5. The van der Waals surface area contributed by atoms with E-state index in [4.69, 9.17) is 5.73 Å². The van der Waals surface area contributed by atoms with Crippen molar-refractivity contribution in [1.29, 1.82) is 0 Å². The number of benzene rings is 1. The number of aromatic nitrogens is 1. The van der Waals surface area contributed by atoms with Gasteiger partial charge in [0, 0.05) is 10.9 Å². The van der Waals surface area contributed by atoms with Crippen LogP contribution in [-0.4, -0.2) is 16.9 Å². The first-order valence-corrected chi connectivity index (χ1v) is 7.78. The van der Waals surface area contributed by atoms with Gasteiger partial charge in [-0.05, 0) is 17.9 Å². The summed E-state index contributed by atoms with van der Waals surface area (Å²) in [6, 6.07) is 7.83. The van der Waals surface area contributed by atoms with E-state index in [0.29, 0.717) is 5.13 Å². The summed E-state index contributed by atoms with van der Waals surface area (Å²) in [6.07, 6.45) is 0. The van der Waals surface area contributed by atoms with Crippen molar-refractivity contribution in [3.05, 3.63) is 35.2 Å². The van der Waals surface area contributed by atoms with Crippen molar-refractivity contribution >= 4 is 34.8 Å². The number of carbonyl (C=O) groups excluding carboxylic acids is 1. The Balaban J connectivity index is 0.00000242. The molecule has 120 valence electrons. The second-order valence-electron chi connectivity index (χ2n) is 6.14. The van der Waals surface area contributed by atoms with Gasteiger partial charge >= 0.3 is 0 Å². The summed E-state index contributed by atoms with van der Waals surface area (Å²) < 4.78 is 0. The van der Waals surface area contributed by atoms with Crippen LogP contribution in [0.25, 0.3) is 11.3 Å². The van der Waals surface area contributed by atoms with Gasteiger partial charge in [-0.1, -0.05) is 45.0 Å². The molecule has 6 heteroatoms. The Kier molecular flexibility index (Phi) is 6.11. The molecule has 0 bridgehead atoms. The molecule has 0 fully saturated rings. The van der Waals surface area contributed by atoms with Gasteiger partial charge in [-0.25, -0.2) is 4.98 Å². The Morgan fingerprint density at radius 3 is 2.36 bits per heavy atom. The lowest BCUT2D eigenvalue weighted by Gasteiger charge is -2.18. The van der Waals surface area contributed by atoms with E-state index < -0.39 is 6.04 Å². The quantitative estimate of drug-likeness (QED) is 0.893. The van der Waals surface area contributed by atoms with Crippen LogP contribution in [0.4, 0.5) is 5.13 Å². The average molecular weight is 340 g/mol. The molecule has 1 amide bonds. The van der Waals surface area contributed by atoms with Crippen LogP contribution in [0.1, 0.15) is 33.3 Å². The number of carbonyl (C=O) groups is 1. The predicted octanol–water partition coefficient (Wildman–Crippen LogP) is 3.82. The van der Waals surface area contributed by atoms with Crippen LogP contribution < -0.4 is 11.1 Å². The minimum absolute atomic E-state index is 0. The smallest absolute Gasteiger partial charge is 0.242 e. The van der Waals surface area contributed by atoms with Crippen molar-refractivity contribution in [2.45, 2.75) is 39.2 Å². The van der Waals surface area contributed by atoms with Crippen molar-refractivity contribution in [3.63, 3.8) is 0 Å². The number of nitrogens with two attached hydrogens (primary N) is 1. The number of hydrogen-bond donors (Lipinski definition) is 2. The van der Waals surface area contributed by atoms with Gasteiger partial charge < -0.3 is 11.1 Å². The first kappa shape index (κ1) is 18.6. The molecular weight excluding hydrogens is 318 g/mol. The lowest BCUT2D eigenvalue weighted by molar-refractivity contribution is -0.117. The zero-order valence-electron chi connectivity index (χ0n) is 13.2. The number of hydrogen-bond acceptors (Lipinski definition) is 4.